The van der Waals surface area contributed by atoms with Crippen LogP contribution in [-0.4, -0.2) is 28.5 Å². The molecule has 5 nitrogen and oxygen atoms in total. The van der Waals surface area contributed by atoms with Gasteiger partial charge in [0.2, 0.25) is 0 Å². The Kier molecular flexibility index (Phi) is 4.92. The summed E-state index contributed by atoms with van der Waals surface area (Å²) < 4.78 is 5.54. The van der Waals surface area contributed by atoms with Crippen LogP contribution in [0.5, 0.6) is 5.75 Å². The van der Waals surface area contributed by atoms with Crippen LogP contribution in [0.3, 0.4) is 0 Å². The van der Waals surface area contributed by atoms with Gasteiger partial charge in [0.15, 0.2) is 6.10 Å². The summed E-state index contributed by atoms with van der Waals surface area (Å²) in [6.45, 7) is 1.67. The number of benzene rings is 1. The maximum Gasteiger partial charge on any atom is 0.266 e. The molecular weight excluding hydrogens is 298 g/mol. The second kappa shape index (κ2) is 6.67. The molecule has 1 heterocycles. The first-order chi connectivity index (χ1) is 9.60. The van der Waals surface area contributed by atoms with Gasteiger partial charge in [-0.1, -0.05) is 17.7 Å². The van der Waals surface area contributed by atoms with E-state index < -0.39 is 6.10 Å². The number of thioether (sulfide) groups is 1. The van der Waals surface area contributed by atoms with Gasteiger partial charge in [-0.15, -0.1) is 11.8 Å². The third-order valence-electron chi connectivity index (χ3n) is 2.55. The van der Waals surface area contributed by atoms with E-state index in [9.17, 15) is 4.79 Å². The van der Waals surface area contributed by atoms with Crippen molar-refractivity contribution in [2.45, 2.75) is 17.9 Å². The molecule has 0 saturated heterocycles. The molecule has 0 fully saturated rings. The molecule has 1 amide bonds. The van der Waals surface area contributed by atoms with Gasteiger partial charge in [0.25, 0.3) is 5.91 Å². The van der Waals surface area contributed by atoms with E-state index in [1.807, 2.05) is 6.26 Å². The molecule has 106 valence electrons. The monoisotopic (exact) mass is 311 g/mol. The highest BCUT2D eigenvalue weighted by Crippen LogP contribution is 2.23. The van der Waals surface area contributed by atoms with Crippen LogP contribution in [0, 0.1) is 0 Å². The first-order valence-corrected chi connectivity index (χ1v) is 7.51. The average Bonchev–Trinajstić information content (AvgIpc) is 2.85. The number of H-pyrrole nitrogens is 1. The van der Waals surface area contributed by atoms with Gasteiger partial charge in [-0.25, -0.2) is 0 Å². The number of halogens is 1. The number of nitrogens with one attached hydrogen (secondary N) is 2. The van der Waals surface area contributed by atoms with E-state index in [-0.39, 0.29) is 5.91 Å². The maximum atomic E-state index is 12.0. The fraction of sp³-hybridized carbons (Fsp3) is 0.231. The Bertz CT molecular complexity index is 603. The fourth-order valence-corrected chi connectivity index (χ4v) is 2.18. The number of nitrogens with zero attached hydrogens (tertiary/aromatic N) is 1. The van der Waals surface area contributed by atoms with E-state index in [0.717, 1.165) is 4.90 Å². The fourth-order valence-electron chi connectivity index (χ4n) is 1.54. The van der Waals surface area contributed by atoms with Gasteiger partial charge in [-0.3, -0.25) is 9.89 Å². The zero-order chi connectivity index (χ0) is 14.5. The van der Waals surface area contributed by atoms with Crippen molar-refractivity contribution in [3.8, 4) is 5.75 Å². The summed E-state index contributed by atoms with van der Waals surface area (Å²) in [5, 5.41) is 9.92. The Morgan fingerprint density at radius 2 is 2.35 bits per heavy atom. The van der Waals surface area contributed by atoms with Crippen molar-refractivity contribution in [3.63, 3.8) is 0 Å². The molecule has 0 saturated carbocycles. The van der Waals surface area contributed by atoms with Crippen LogP contribution in [0.4, 0.5) is 5.82 Å². The van der Waals surface area contributed by atoms with Gasteiger partial charge in [-0.2, -0.15) is 5.10 Å². The Labute approximate surface area is 126 Å². The second-order valence-electron chi connectivity index (χ2n) is 4.02. The molecule has 2 N–H and O–H groups in total. The molecule has 0 bridgehead atoms. The molecule has 7 heteroatoms. The number of anilines is 1. The molecule has 2 aromatic rings. The summed E-state index contributed by atoms with van der Waals surface area (Å²) in [6.07, 6.45) is 2.92. The van der Waals surface area contributed by atoms with Gasteiger partial charge in [0.05, 0.1) is 11.1 Å². The molecule has 2 rings (SSSR count). The zero-order valence-corrected chi connectivity index (χ0v) is 12.6. The quantitative estimate of drug-likeness (QED) is 0.832. The summed E-state index contributed by atoms with van der Waals surface area (Å²) in [6, 6.07) is 6.92. The highest BCUT2D eigenvalue weighted by molar-refractivity contribution is 7.98. The van der Waals surface area contributed by atoms with Gasteiger partial charge in [0.1, 0.15) is 11.6 Å². The minimum Gasteiger partial charge on any atom is -0.481 e. The Hall–Kier alpha value is -1.66. The Morgan fingerprint density at radius 3 is 3.05 bits per heavy atom. The van der Waals surface area contributed by atoms with Crippen LogP contribution in [0.25, 0.3) is 0 Å². The highest BCUT2D eigenvalue weighted by atomic mass is 35.5. The number of rotatable bonds is 5. The van der Waals surface area contributed by atoms with Crippen LogP contribution in [0.15, 0.2) is 35.4 Å². The topological polar surface area (TPSA) is 67.0 Å². The molecule has 0 aliphatic heterocycles. The largest absolute Gasteiger partial charge is 0.481 e. The van der Waals surface area contributed by atoms with Crippen molar-refractivity contribution in [1.82, 2.24) is 10.2 Å². The van der Waals surface area contributed by atoms with Crippen molar-refractivity contribution in [2.24, 2.45) is 0 Å². The number of aromatic nitrogens is 2. The van der Waals surface area contributed by atoms with Crippen LogP contribution in [-0.2, 0) is 4.79 Å². The number of carbonyl (C=O) groups is 1. The standard InChI is InChI=1S/C13H14ClN3O2S/c1-8(19-10-5-3-4-9(14)6-10)13(18)16-12-11(20-2)7-15-17-12/h3-8H,1-2H3,(H2,15,16,17,18). The molecular formula is C13H14ClN3O2S. The molecule has 1 unspecified atom stereocenters. The first kappa shape index (κ1) is 14.7. The summed E-state index contributed by atoms with van der Waals surface area (Å²) in [7, 11) is 0. The third kappa shape index (κ3) is 3.68. The minimum absolute atomic E-state index is 0.260. The number of amides is 1. The predicted octanol–water partition coefficient (Wildman–Crippen LogP) is 3.19. The lowest BCUT2D eigenvalue weighted by molar-refractivity contribution is -0.122. The van der Waals surface area contributed by atoms with Crippen LogP contribution in [0.2, 0.25) is 5.02 Å². The number of hydrogen-bond acceptors (Lipinski definition) is 4. The van der Waals surface area contributed by atoms with Crippen molar-refractivity contribution in [1.29, 1.82) is 0 Å². The van der Waals surface area contributed by atoms with Gasteiger partial charge in [-0.05, 0) is 31.4 Å². The molecule has 0 spiro atoms. The lowest BCUT2D eigenvalue weighted by Gasteiger charge is -2.14. The molecule has 0 radical (unpaired) electrons. The summed E-state index contributed by atoms with van der Waals surface area (Å²) in [4.78, 5) is 12.9. The van der Waals surface area contributed by atoms with Crippen LogP contribution < -0.4 is 10.1 Å². The Morgan fingerprint density at radius 1 is 1.55 bits per heavy atom. The van der Waals surface area contributed by atoms with E-state index >= 15 is 0 Å². The molecule has 1 aromatic heterocycles. The maximum absolute atomic E-state index is 12.0. The molecule has 0 aliphatic carbocycles. The van der Waals surface area contributed by atoms with Crippen LogP contribution in [0.1, 0.15) is 6.92 Å². The lowest BCUT2D eigenvalue weighted by atomic mass is 10.3. The van der Waals surface area contributed by atoms with E-state index in [1.54, 1.807) is 37.4 Å². The number of carbonyl (C=O) groups excluding carboxylic acids is 1. The molecule has 20 heavy (non-hydrogen) atoms. The minimum atomic E-state index is -0.647. The number of hydrogen-bond donors (Lipinski definition) is 2. The third-order valence-corrected chi connectivity index (χ3v) is 3.54. The number of aromatic amines is 1. The van der Waals surface area contributed by atoms with E-state index in [1.165, 1.54) is 11.8 Å². The zero-order valence-electron chi connectivity index (χ0n) is 11.0. The normalized spacial score (nSPS) is 11.9. The van der Waals surface area contributed by atoms with Crippen molar-refractivity contribution >= 4 is 35.1 Å². The average molecular weight is 312 g/mol. The smallest absolute Gasteiger partial charge is 0.266 e. The van der Waals surface area contributed by atoms with Gasteiger partial charge >= 0.3 is 0 Å². The van der Waals surface area contributed by atoms with E-state index in [4.69, 9.17) is 16.3 Å². The first-order valence-electron chi connectivity index (χ1n) is 5.90. The highest BCUT2D eigenvalue weighted by Gasteiger charge is 2.17. The Balaban J connectivity index is 1.99. The SMILES string of the molecule is CSc1cn[nH]c1NC(=O)C(C)Oc1cccc(Cl)c1. The number of ether oxygens (including phenoxy) is 1. The van der Waals surface area contributed by atoms with Gasteiger partial charge < -0.3 is 10.1 Å². The second-order valence-corrected chi connectivity index (χ2v) is 5.30. The van der Waals surface area contributed by atoms with Crippen molar-refractivity contribution in [3.05, 3.63) is 35.5 Å². The van der Waals surface area contributed by atoms with Crippen LogP contribution >= 0.6 is 23.4 Å². The van der Waals surface area contributed by atoms with Crippen molar-refractivity contribution in [2.75, 3.05) is 11.6 Å². The molecule has 0 aliphatic rings. The van der Waals surface area contributed by atoms with E-state index in [2.05, 4.69) is 15.5 Å². The molecule has 1 atom stereocenters. The lowest BCUT2D eigenvalue weighted by Crippen LogP contribution is -2.30. The summed E-state index contributed by atoms with van der Waals surface area (Å²) >= 11 is 7.36. The van der Waals surface area contributed by atoms with Gasteiger partial charge in [0, 0.05) is 5.02 Å². The molecule has 1 aromatic carbocycles. The predicted molar refractivity (Wildman–Crippen MR) is 80.5 cm³/mol. The summed E-state index contributed by atoms with van der Waals surface area (Å²) in [5.41, 5.74) is 0. The van der Waals surface area contributed by atoms with Crippen molar-refractivity contribution < 1.29 is 9.53 Å². The summed E-state index contributed by atoms with van der Waals surface area (Å²) in [5.74, 6) is 0.864. The van der Waals surface area contributed by atoms with E-state index in [0.29, 0.717) is 16.6 Å².